The molecule has 1 aromatic rings. The SMILES string of the molecule is COc1cncc(C2CC(C)CCC2CNC(C)(C)C)c1. The van der Waals surface area contributed by atoms with Crippen LogP contribution in [0.25, 0.3) is 0 Å². The molecule has 1 fully saturated rings. The van der Waals surface area contributed by atoms with Crippen molar-refractivity contribution in [3.63, 3.8) is 0 Å². The third-order valence-corrected chi connectivity index (χ3v) is 4.55. The van der Waals surface area contributed by atoms with Crippen LogP contribution >= 0.6 is 0 Å². The highest BCUT2D eigenvalue weighted by molar-refractivity contribution is 5.27. The van der Waals surface area contributed by atoms with Gasteiger partial charge in [0.05, 0.1) is 13.3 Å². The van der Waals surface area contributed by atoms with Gasteiger partial charge in [0.1, 0.15) is 5.75 Å². The van der Waals surface area contributed by atoms with Crippen molar-refractivity contribution >= 4 is 0 Å². The Morgan fingerprint density at radius 3 is 2.71 bits per heavy atom. The van der Waals surface area contributed by atoms with Gasteiger partial charge < -0.3 is 10.1 Å². The van der Waals surface area contributed by atoms with E-state index in [4.69, 9.17) is 4.74 Å². The van der Waals surface area contributed by atoms with Crippen molar-refractivity contribution in [2.75, 3.05) is 13.7 Å². The van der Waals surface area contributed by atoms with E-state index in [-0.39, 0.29) is 5.54 Å². The maximum absolute atomic E-state index is 5.34. The van der Waals surface area contributed by atoms with Gasteiger partial charge in [-0.25, -0.2) is 0 Å². The van der Waals surface area contributed by atoms with Crippen molar-refractivity contribution in [1.82, 2.24) is 10.3 Å². The number of ether oxygens (including phenoxy) is 1. The largest absolute Gasteiger partial charge is 0.495 e. The molecule has 3 unspecified atom stereocenters. The van der Waals surface area contributed by atoms with Crippen molar-refractivity contribution in [2.24, 2.45) is 11.8 Å². The molecule has 3 atom stereocenters. The van der Waals surface area contributed by atoms with Crippen LogP contribution in [0.1, 0.15) is 58.4 Å². The highest BCUT2D eigenvalue weighted by atomic mass is 16.5. The first kappa shape index (κ1) is 16.3. The van der Waals surface area contributed by atoms with Gasteiger partial charge in [-0.05, 0) is 69.5 Å². The molecule has 1 aliphatic rings. The lowest BCUT2D eigenvalue weighted by molar-refractivity contribution is 0.226. The average molecular weight is 290 g/mol. The van der Waals surface area contributed by atoms with Crippen molar-refractivity contribution in [3.05, 3.63) is 24.0 Å². The summed E-state index contributed by atoms with van der Waals surface area (Å²) in [5.74, 6) is 2.95. The second-order valence-electron chi connectivity index (χ2n) is 7.57. The molecule has 118 valence electrons. The van der Waals surface area contributed by atoms with Crippen LogP contribution < -0.4 is 10.1 Å². The molecule has 1 aromatic heterocycles. The fourth-order valence-corrected chi connectivity index (χ4v) is 3.28. The monoisotopic (exact) mass is 290 g/mol. The van der Waals surface area contributed by atoms with E-state index in [1.807, 2.05) is 6.20 Å². The van der Waals surface area contributed by atoms with Crippen molar-refractivity contribution < 1.29 is 4.74 Å². The molecular formula is C18H30N2O. The minimum absolute atomic E-state index is 0.181. The highest BCUT2D eigenvalue weighted by Crippen LogP contribution is 2.40. The van der Waals surface area contributed by atoms with Crippen molar-refractivity contribution in [1.29, 1.82) is 0 Å². The number of nitrogens with zero attached hydrogens (tertiary/aromatic N) is 1. The Balaban J connectivity index is 2.14. The van der Waals surface area contributed by atoms with Gasteiger partial charge in [-0.2, -0.15) is 0 Å². The molecule has 0 spiro atoms. The molecule has 0 aromatic carbocycles. The molecule has 3 heteroatoms. The Bertz CT molecular complexity index is 453. The summed E-state index contributed by atoms with van der Waals surface area (Å²) in [7, 11) is 1.71. The van der Waals surface area contributed by atoms with Crippen LogP contribution in [0.2, 0.25) is 0 Å². The Kier molecular flexibility index (Phi) is 5.26. The van der Waals surface area contributed by atoms with Gasteiger partial charge in [-0.1, -0.05) is 13.3 Å². The van der Waals surface area contributed by atoms with Crippen molar-refractivity contribution in [3.8, 4) is 5.75 Å². The van der Waals surface area contributed by atoms with Gasteiger partial charge in [0.2, 0.25) is 0 Å². The second-order valence-corrected chi connectivity index (χ2v) is 7.57. The Hall–Kier alpha value is -1.09. The van der Waals surface area contributed by atoms with Crippen molar-refractivity contribution in [2.45, 2.75) is 58.4 Å². The van der Waals surface area contributed by atoms with Crippen LogP contribution in [-0.2, 0) is 0 Å². The third-order valence-electron chi connectivity index (χ3n) is 4.55. The lowest BCUT2D eigenvalue weighted by Gasteiger charge is -2.37. The number of methoxy groups -OCH3 is 1. The highest BCUT2D eigenvalue weighted by Gasteiger charge is 2.30. The van der Waals surface area contributed by atoms with E-state index in [2.05, 4.69) is 44.1 Å². The molecule has 1 saturated carbocycles. The van der Waals surface area contributed by atoms with Crippen LogP contribution in [0.3, 0.4) is 0 Å². The molecule has 1 aliphatic carbocycles. The standard InChI is InChI=1S/C18H30N2O/c1-13-6-7-14(11-20-18(2,3)4)17(8-13)15-9-16(21-5)12-19-10-15/h9-10,12-14,17,20H,6-8,11H2,1-5H3. The van der Waals surface area contributed by atoms with Gasteiger partial charge in [0, 0.05) is 11.7 Å². The molecule has 3 nitrogen and oxygen atoms in total. The molecule has 0 saturated heterocycles. The molecule has 1 N–H and O–H groups in total. The smallest absolute Gasteiger partial charge is 0.137 e. The third kappa shape index (κ3) is 4.70. The zero-order valence-electron chi connectivity index (χ0n) is 14.1. The summed E-state index contributed by atoms with van der Waals surface area (Å²) in [4.78, 5) is 4.35. The van der Waals surface area contributed by atoms with E-state index in [9.17, 15) is 0 Å². The molecule has 0 aliphatic heterocycles. The lowest BCUT2D eigenvalue weighted by Crippen LogP contribution is -2.41. The van der Waals surface area contributed by atoms with Gasteiger partial charge >= 0.3 is 0 Å². The summed E-state index contributed by atoms with van der Waals surface area (Å²) >= 11 is 0. The number of rotatable bonds is 4. The molecule has 0 amide bonds. The van der Waals surface area contributed by atoms with Gasteiger partial charge in [0.15, 0.2) is 0 Å². The maximum Gasteiger partial charge on any atom is 0.137 e. The molecule has 0 bridgehead atoms. The Morgan fingerprint density at radius 2 is 2.05 bits per heavy atom. The van der Waals surface area contributed by atoms with Crippen LogP contribution in [0.5, 0.6) is 5.75 Å². The number of aromatic nitrogens is 1. The number of nitrogens with one attached hydrogen (secondary N) is 1. The second kappa shape index (κ2) is 6.78. The van der Waals surface area contributed by atoms with E-state index in [1.165, 1.54) is 24.8 Å². The predicted molar refractivity (Wildman–Crippen MR) is 87.8 cm³/mol. The molecule has 1 heterocycles. The van der Waals surface area contributed by atoms with E-state index in [1.54, 1.807) is 13.3 Å². The normalized spacial score (nSPS) is 26.6. The minimum atomic E-state index is 0.181. The van der Waals surface area contributed by atoms with Crippen LogP contribution in [0.15, 0.2) is 18.5 Å². The Labute approximate surface area is 129 Å². The minimum Gasteiger partial charge on any atom is -0.495 e. The zero-order chi connectivity index (χ0) is 15.5. The van der Waals surface area contributed by atoms with E-state index in [0.717, 1.165) is 18.2 Å². The summed E-state index contributed by atoms with van der Waals surface area (Å²) < 4.78 is 5.34. The number of hydrogen-bond donors (Lipinski definition) is 1. The average Bonchev–Trinajstić information content (AvgIpc) is 2.45. The molecule has 0 radical (unpaired) electrons. The van der Waals surface area contributed by atoms with Crippen LogP contribution in [-0.4, -0.2) is 24.2 Å². The van der Waals surface area contributed by atoms with Gasteiger partial charge in [-0.15, -0.1) is 0 Å². The number of pyridine rings is 1. The van der Waals surface area contributed by atoms with E-state index >= 15 is 0 Å². The topological polar surface area (TPSA) is 34.1 Å². The van der Waals surface area contributed by atoms with Crippen LogP contribution in [0.4, 0.5) is 0 Å². The predicted octanol–water partition coefficient (Wildman–Crippen LogP) is 4.00. The quantitative estimate of drug-likeness (QED) is 0.910. The summed E-state index contributed by atoms with van der Waals surface area (Å²) in [5.41, 5.74) is 1.52. The first-order chi connectivity index (χ1) is 9.89. The van der Waals surface area contributed by atoms with Gasteiger partial charge in [0.25, 0.3) is 0 Å². The first-order valence-electron chi connectivity index (χ1n) is 8.13. The molecular weight excluding hydrogens is 260 g/mol. The molecule has 21 heavy (non-hydrogen) atoms. The maximum atomic E-state index is 5.34. The molecule has 2 rings (SSSR count). The lowest BCUT2D eigenvalue weighted by atomic mass is 9.71. The Morgan fingerprint density at radius 1 is 1.29 bits per heavy atom. The fraction of sp³-hybridized carbons (Fsp3) is 0.722. The number of hydrogen-bond acceptors (Lipinski definition) is 3. The first-order valence-corrected chi connectivity index (χ1v) is 8.13. The zero-order valence-corrected chi connectivity index (χ0v) is 14.1. The summed E-state index contributed by atoms with van der Waals surface area (Å²) in [6, 6.07) is 2.17. The van der Waals surface area contributed by atoms with Crippen LogP contribution in [0, 0.1) is 11.8 Å². The van der Waals surface area contributed by atoms with E-state index in [0.29, 0.717) is 11.8 Å². The van der Waals surface area contributed by atoms with Gasteiger partial charge in [-0.3, -0.25) is 4.98 Å². The summed E-state index contributed by atoms with van der Waals surface area (Å²) in [6.07, 6.45) is 7.70. The summed E-state index contributed by atoms with van der Waals surface area (Å²) in [5, 5.41) is 3.68. The fourth-order valence-electron chi connectivity index (χ4n) is 3.28. The van der Waals surface area contributed by atoms with E-state index < -0.39 is 0 Å². The summed E-state index contributed by atoms with van der Waals surface area (Å²) in [6.45, 7) is 10.2.